The minimum absolute atomic E-state index is 0.125. The molecule has 0 atom stereocenters. The lowest BCUT2D eigenvalue weighted by Crippen LogP contribution is -2.30. The molecule has 0 spiro atoms. The van der Waals surface area contributed by atoms with Crippen LogP contribution in [0, 0.1) is 0 Å². The first kappa shape index (κ1) is 20.2. The van der Waals surface area contributed by atoms with Crippen molar-refractivity contribution >= 4 is 11.9 Å². The van der Waals surface area contributed by atoms with Gasteiger partial charge in [0.2, 0.25) is 0 Å². The second kappa shape index (κ2) is 5.91. The number of aromatic carboxylic acids is 2. The Bertz CT molecular complexity index is 627. The summed E-state index contributed by atoms with van der Waals surface area (Å²) >= 11 is 0. The van der Waals surface area contributed by atoms with Crippen molar-refractivity contribution in [1.82, 2.24) is 0 Å². The number of benzene rings is 1. The van der Waals surface area contributed by atoms with E-state index in [0.29, 0.717) is 16.7 Å². The van der Waals surface area contributed by atoms with Crippen LogP contribution in [0.1, 0.15) is 99.7 Å². The molecule has 1 aromatic carbocycles. The Balaban J connectivity index is 4.28. The Morgan fingerprint density at radius 2 is 0.958 bits per heavy atom. The number of carbonyl (C=O) groups is 2. The SMILES string of the molecule is CC(C)(C)c1cc(C(C)(C)C)c(C(=O)O)c(C(C)(C)C)c1C(=O)O. The van der Waals surface area contributed by atoms with Crippen LogP contribution in [0.4, 0.5) is 0 Å². The minimum atomic E-state index is -1.08. The number of carboxylic acids is 2. The molecule has 0 aliphatic heterocycles. The molecule has 4 nitrogen and oxygen atoms in total. The molecular formula is C20H30O4. The number of hydrogen-bond acceptors (Lipinski definition) is 2. The molecule has 134 valence electrons. The van der Waals surface area contributed by atoms with Crippen molar-refractivity contribution in [2.24, 2.45) is 0 Å². The van der Waals surface area contributed by atoms with E-state index in [1.54, 1.807) is 6.07 Å². The Morgan fingerprint density at radius 1 is 0.667 bits per heavy atom. The Morgan fingerprint density at radius 3 is 1.12 bits per heavy atom. The van der Waals surface area contributed by atoms with E-state index in [2.05, 4.69) is 0 Å². The van der Waals surface area contributed by atoms with Crippen LogP contribution in [0.15, 0.2) is 6.07 Å². The van der Waals surface area contributed by atoms with Crippen molar-refractivity contribution in [2.75, 3.05) is 0 Å². The summed E-state index contributed by atoms with van der Waals surface area (Å²) in [6.45, 7) is 17.3. The van der Waals surface area contributed by atoms with Crippen LogP contribution in [0.2, 0.25) is 0 Å². The highest BCUT2D eigenvalue weighted by molar-refractivity contribution is 6.00. The molecule has 0 heterocycles. The molecule has 0 saturated heterocycles. The van der Waals surface area contributed by atoms with E-state index >= 15 is 0 Å². The van der Waals surface area contributed by atoms with Gasteiger partial charge in [-0.15, -0.1) is 0 Å². The van der Waals surface area contributed by atoms with Crippen molar-refractivity contribution in [1.29, 1.82) is 0 Å². The third kappa shape index (κ3) is 3.80. The number of hydrogen-bond donors (Lipinski definition) is 2. The van der Waals surface area contributed by atoms with Gasteiger partial charge in [-0.3, -0.25) is 0 Å². The summed E-state index contributed by atoms with van der Waals surface area (Å²) in [4.78, 5) is 24.2. The number of carboxylic acid groups (broad SMARTS) is 2. The van der Waals surface area contributed by atoms with Crippen LogP contribution in [0.25, 0.3) is 0 Å². The lowest BCUT2D eigenvalue weighted by molar-refractivity contribution is 0.0688. The molecule has 0 aromatic heterocycles. The van der Waals surface area contributed by atoms with Gasteiger partial charge in [0.25, 0.3) is 0 Å². The monoisotopic (exact) mass is 334 g/mol. The highest BCUT2D eigenvalue weighted by Crippen LogP contribution is 2.41. The zero-order chi connectivity index (χ0) is 19.2. The van der Waals surface area contributed by atoms with Gasteiger partial charge in [-0.1, -0.05) is 68.4 Å². The van der Waals surface area contributed by atoms with Crippen LogP contribution in [-0.2, 0) is 16.2 Å². The molecule has 24 heavy (non-hydrogen) atoms. The second-order valence-electron chi connectivity index (χ2n) is 9.46. The van der Waals surface area contributed by atoms with Gasteiger partial charge in [0.15, 0.2) is 0 Å². The summed E-state index contributed by atoms with van der Waals surface area (Å²) in [7, 11) is 0. The molecule has 0 aliphatic rings. The molecule has 0 fully saturated rings. The molecule has 0 amide bonds. The van der Waals surface area contributed by atoms with Gasteiger partial charge in [0.1, 0.15) is 0 Å². The van der Waals surface area contributed by atoms with Gasteiger partial charge in [-0.05, 0) is 32.9 Å². The van der Waals surface area contributed by atoms with Crippen molar-refractivity contribution in [3.05, 3.63) is 33.9 Å². The van der Waals surface area contributed by atoms with Crippen LogP contribution in [0.5, 0.6) is 0 Å². The summed E-state index contributed by atoms with van der Waals surface area (Å²) in [5.74, 6) is -2.15. The van der Waals surface area contributed by atoms with E-state index in [4.69, 9.17) is 0 Å². The van der Waals surface area contributed by atoms with Gasteiger partial charge in [0, 0.05) is 0 Å². The zero-order valence-corrected chi connectivity index (χ0v) is 16.3. The van der Waals surface area contributed by atoms with Crippen molar-refractivity contribution in [3.8, 4) is 0 Å². The third-order valence-electron chi connectivity index (χ3n) is 4.12. The largest absolute Gasteiger partial charge is 0.478 e. The Labute approximate surface area is 144 Å². The summed E-state index contributed by atoms with van der Waals surface area (Å²) < 4.78 is 0. The van der Waals surface area contributed by atoms with Gasteiger partial charge in [-0.2, -0.15) is 0 Å². The van der Waals surface area contributed by atoms with E-state index in [1.807, 2.05) is 62.3 Å². The van der Waals surface area contributed by atoms with E-state index in [9.17, 15) is 19.8 Å². The van der Waals surface area contributed by atoms with E-state index in [-0.39, 0.29) is 11.1 Å². The predicted octanol–water partition coefficient (Wildman–Crippen LogP) is 4.98. The fourth-order valence-corrected chi connectivity index (χ4v) is 3.06. The minimum Gasteiger partial charge on any atom is -0.478 e. The first-order valence-electron chi connectivity index (χ1n) is 8.18. The normalized spacial score (nSPS) is 13.0. The molecule has 0 aliphatic carbocycles. The van der Waals surface area contributed by atoms with Crippen molar-refractivity contribution < 1.29 is 19.8 Å². The molecule has 0 unspecified atom stereocenters. The lowest BCUT2D eigenvalue weighted by atomic mass is 9.69. The summed E-state index contributed by atoms with van der Waals surface area (Å²) in [5, 5.41) is 19.8. The zero-order valence-electron chi connectivity index (χ0n) is 16.3. The van der Waals surface area contributed by atoms with Gasteiger partial charge in [-0.25, -0.2) is 9.59 Å². The summed E-state index contributed by atoms with van der Waals surface area (Å²) in [6.07, 6.45) is 0. The fourth-order valence-electron chi connectivity index (χ4n) is 3.06. The van der Waals surface area contributed by atoms with Crippen LogP contribution in [0.3, 0.4) is 0 Å². The maximum atomic E-state index is 12.1. The lowest BCUT2D eigenvalue weighted by Gasteiger charge is -2.34. The Hall–Kier alpha value is -1.84. The molecule has 0 radical (unpaired) electrons. The van der Waals surface area contributed by atoms with Gasteiger partial charge < -0.3 is 10.2 Å². The average molecular weight is 334 g/mol. The second-order valence-corrected chi connectivity index (χ2v) is 9.46. The van der Waals surface area contributed by atoms with E-state index < -0.39 is 28.2 Å². The first-order chi connectivity index (χ1) is 10.5. The van der Waals surface area contributed by atoms with Crippen molar-refractivity contribution in [3.63, 3.8) is 0 Å². The van der Waals surface area contributed by atoms with E-state index in [1.165, 1.54) is 0 Å². The molecule has 0 saturated carbocycles. The van der Waals surface area contributed by atoms with Crippen molar-refractivity contribution in [2.45, 2.75) is 78.6 Å². The quantitative estimate of drug-likeness (QED) is 0.800. The topological polar surface area (TPSA) is 74.6 Å². The smallest absolute Gasteiger partial charge is 0.336 e. The molecule has 1 rings (SSSR count). The highest BCUT2D eigenvalue weighted by Gasteiger charge is 2.37. The van der Waals surface area contributed by atoms with Crippen LogP contribution in [-0.4, -0.2) is 22.2 Å². The van der Waals surface area contributed by atoms with Gasteiger partial charge in [0.05, 0.1) is 11.1 Å². The number of rotatable bonds is 2. The van der Waals surface area contributed by atoms with Crippen LogP contribution < -0.4 is 0 Å². The standard InChI is InChI=1S/C20H30O4/c1-18(2,3)11-10-12(19(4,5)6)14(17(23)24)15(20(7,8)9)13(11)16(21)22/h10H,1-9H3,(H,21,22)(H,23,24). The predicted molar refractivity (Wildman–Crippen MR) is 96.5 cm³/mol. The fraction of sp³-hybridized carbons (Fsp3) is 0.600. The molecule has 2 N–H and O–H groups in total. The molecule has 1 aromatic rings. The van der Waals surface area contributed by atoms with Crippen LogP contribution >= 0.6 is 0 Å². The maximum absolute atomic E-state index is 12.1. The Kier molecular flexibility index (Phi) is 4.97. The van der Waals surface area contributed by atoms with E-state index in [0.717, 1.165) is 0 Å². The molecular weight excluding hydrogens is 304 g/mol. The summed E-state index contributed by atoms with van der Waals surface area (Å²) in [6, 6.07) is 1.78. The molecule has 4 heteroatoms. The molecule has 0 bridgehead atoms. The van der Waals surface area contributed by atoms with Gasteiger partial charge >= 0.3 is 11.9 Å². The average Bonchev–Trinajstić information content (AvgIpc) is 2.32. The maximum Gasteiger partial charge on any atom is 0.336 e. The summed E-state index contributed by atoms with van der Waals surface area (Å²) in [5.41, 5.74) is 0.573. The highest BCUT2D eigenvalue weighted by atomic mass is 16.4. The first-order valence-corrected chi connectivity index (χ1v) is 8.18. The third-order valence-corrected chi connectivity index (χ3v) is 4.12.